The molecule has 0 saturated carbocycles. The SMILES string of the molecule is COc1ccc(CNc2ccc3c(n2)CC(C)(C)OC3=O)c(OC)c1. The molecule has 2 heterocycles. The van der Waals surface area contributed by atoms with Gasteiger partial charge in [0, 0.05) is 24.6 Å². The number of fused-ring (bicyclic) bond motifs is 1. The van der Waals surface area contributed by atoms with Crippen LogP contribution in [-0.4, -0.2) is 30.8 Å². The van der Waals surface area contributed by atoms with Crippen molar-refractivity contribution in [2.45, 2.75) is 32.4 Å². The van der Waals surface area contributed by atoms with Crippen molar-refractivity contribution in [2.75, 3.05) is 19.5 Å². The van der Waals surface area contributed by atoms with Crippen molar-refractivity contribution in [1.29, 1.82) is 0 Å². The van der Waals surface area contributed by atoms with Gasteiger partial charge in [0.15, 0.2) is 0 Å². The van der Waals surface area contributed by atoms with E-state index in [1.54, 1.807) is 26.4 Å². The molecule has 1 aromatic heterocycles. The number of cyclic esters (lactones) is 1. The number of hydrogen-bond acceptors (Lipinski definition) is 6. The minimum atomic E-state index is -0.533. The molecule has 1 aliphatic heterocycles. The number of rotatable bonds is 5. The highest BCUT2D eigenvalue weighted by molar-refractivity contribution is 5.92. The molecule has 1 aliphatic rings. The quantitative estimate of drug-likeness (QED) is 0.842. The van der Waals surface area contributed by atoms with Gasteiger partial charge >= 0.3 is 5.97 Å². The Kier molecular flexibility index (Phi) is 4.53. The smallest absolute Gasteiger partial charge is 0.340 e. The fourth-order valence-electron chi connectivity index (χ4n) is 2.85. The van der Waals surface area contributed by atoms with Crippen LogP contribution in [0.1, 0.15) is 35.5 Å². The fraction of sp³-hybridized carbons (Fsp3) is 0.368. The van der Waals surface area contributed by atoms with Crippen LogP contribution >= 0.6 is 0 Å². The van der Waals surface area contributed by atoms with Crippen LogP contribution in [0.4, 0.5) is 5.82 Å². The van der Waals surface area contributed by atoms with Gasteiger partial charge in [0.2, 0.25) is 0 Å². The molecule has 0 amide bonds. The predicted octanol–water partition coefficient (Wildman–Crippen LogP) is 3.20. The number of pyridine rings is 1. The van der Waals surface area contributed by atoms with Gasteiger partial charge < -0.3 is 19.5 Å². The van der Waals surface area contributed by atoms with Crippen molar-refractivity contribution in [3.05, 3.63) is 47.2 Å². The maximum Gasteiger partial charge on any atom is 0.340 e. The number of hydrogen-bond donors (Lipinski definition) is 1. The first-order valence-electron chi connectivity index (χ1n) is 8.10. The van der Waals surface area contributed by atoms with Crippen LogP contribution in [0.2, 0.25) is 0 Å². The van der Waals surface area contributed by atoms with E-state index in [0.29, 0.717) is 24.3 Å². The van der Waals surface area contributed by atoms with E-state index in [2.05, 4.69) is 10.3 Å². The third-order valence-electron chi connectivity index (χ3n) is 4.11. The zero-order valence-corrected chi connectivity index (χ0v) is 14.9. The van der Waals surface area contributed by atoms with Crippen LogP contribution in [0.5, 0.6) is 11.5 Å². The lowest BCUT2D eigenvalue weighted by molar-refractivity contribution is -0.00714. The molecule has 0 spiro atoms. The van der Waals surface area contributed by atoms with Crippen molar-refractivity contribution in [1.82, 2.24) is 4.98 Å². The number of benzene rings is 1. The second-order valence-corrected chi connectivity index (χ2v) is 6.55. The standard InChI is InChI=1S/C19H22N2O4/c1-19(2)10-15-14(18(22)25-19)7-8-17(21-15)20-11-12-5-6-13(23-3)9-16(12)24-4/h5-9H,10-11H2,1-4H3,(H,20,21). The highest BCUT2D eigenvalue weighted by atomic mass is 16.6. The topological polar surface area (TPSA) is 69.7 Å². The summed E-state index contributed by atoms with van der Waals surface area (Å²) in [7, 11) is 3.25. The van der Waals surface area contributed by atoms with Gasteiger partial charge in [0.05, 0.1) is 25.5 Å². The Morgan fingerprint density at radius 2 is 2.00 bits per heavy atom. The molecular weight excluding hydrogens is 320 g/mol. The number of nitrogens with one attached hydrogen (secondary N) is 1. The summed E-state index contributed by atoms with van der Waals surface area (Å²) in [6.07, 6.45) is 0.593. The van der Waals surface area contributed by atoms with Crippen molar-refractivity contribution < 1.29 is 19.0 Å². The molecule has 0 atom stereocenters. The van der Waals surface area contributed by atoms with E-state index in [4.69, 9.17) is 14.2 Å². The van der Waals surface area contributed by atoms with Gasteiger partial charge in [-0.05, 0) is 38.1 Å². The van der Waals surface area contributed by atoms with Crippen molar-refractivity contribution in [3.63, 3.8) is 0 Å². The third kappa shape index (κ3) is 3.68. The molecule has 1 aromatic carbocycles. The van der Waals surface area contributed by atoms with Gasteiger partial charge in [-0.3, -0.25) is 0 Å². The fourth-order valence-corrected chi connectivity index (χ4v) is 2.85. The average molecular weight is 342 g/mol. The summed E-state index contributed by atoms with van der Waals surface area (Å²) in [5.41, 5.74) is 1.75. The molecule has 25 heavy (non-hydrogen) atoms. The molecule has 0 saturated heterocycles. The molecule has 0 radical (unpaired) electrons. The number of anilines is 1. The monoisotopic (exact) mass is 342 g/mol. The van der Waals surface area contributed by atoms with E-state index in [9.17, 15) is 4.79 Å². The van der Waals surface area contributed by atoms with Crippen LogP contribution in [-0.2, 0) is 17.7 Å². The summed E-state index contributed by atoms with van der Waals surface area (Å²) in [6.45, 7) is 4.32. The van der Waals surface area contributed by atoms with Gasteiger partial charge in [0.25, 0.3) is 0 Å². The zero-order valence-electron chi connectivity index (χ0n) is 14.9. The summed E-state index contributed by atoms with van der Waals surface area (Å²) < 4.78 is 16.0. The molecule has 0 fully saturated rings. The zero-order chi connectivity index (χ0) is 18.0. The van der Waals surface area contributed by atoms with E-state index >= 15 is 0 Å². The number of nitrogens with zero attached hydrogens (tertiary/aromatic N) is 1. The minimum absolute atomic E-state index is 0.317. The van der Waals surface area contributed by atoms with E-state index in [0.717, 1.165) is 22.8 Å². The number of esters is 1. The van der Waals surface area contributed by atoms with E-state index in [1.807, 2.05) is 32.0 Å². The summed E-state index contributed by atoms with van der Waals surface area (Å²) in [6, 6.07) is 9.22. The molecule has 6 heteroatoms. The van der Waals surface area contributed by atoms with Gasteiger partial charge in [0.1, 0.15) is 22.9 Å². The molecule has 1 N–H and O–H groups in total. The van der Waals surface area contributed by atoms with E-state index in [1.165, 1.54) is 0 Å². The Morgan fingerprint density at radius 1 is 1.20 bits per heavy atom. The Labute approximate surface area is 147 Å². The van der Waals surface area contributed by atoms with Gasteiger partial charge in [-0.1, -0.05) is 0 Å². The third-order valence-corrected chi connectivity index (χ3v) is 4.11. The summed E-state index contributed by atoms with van der Waals surface area (Å²) in [4.78, 5) is 16.6. The maximum atomic E-state index is 12.0. The van der Waals surface area contributed by atoms with Crippen molar-refractivity contribution >= 4 is 11.8 Å². The van der Waals surface area contributed by atoms with Crippen LogP contribution in [0, 0.1) is 0 Å². The van der Waals surface area contributed by atoms with Crippen molar-refractivity contribution in [2.24, 2.45) is 0 Å². The molecule has 3 rings (SSSR count). The summed E-state index contributed by atoms with van der Waals surface area (Å²) in [5, 5.41) is 3.28. The Hall–Kier alpha value is -2.76. The lowest BCUT2D eigenvalue weighted by Crippen LogP contribution is -2.36. The number of carbonyl (C=O) groups excluding carboxylic acids is 1. The van der Waals surface area contributed by atoms with E-state index in [-0.39, 0.29) is 5.97 Å². The van der Waals surface area contributed by atoms with Crippen LogP contribution in [0.15, 0.2) is 30.3 Å². The van der Waals surface area contributed by atoms with Gasteiger partial charge in [-0.15, -0.1) is 0 Å². The highest BCUT2D eigenvalue weighted by Crippen LogP contribution is 2.28. The maximum absolute atomic E-state index is 12.0. The largest absolute Gasteiger partial charge is 0.497 e. The normalized spacial score (nSPS) is 15.1. The average Bonchev–Trinajstić information content (AvgIpc) is 2.58. The highest BCUT2D eigenvalue weighted by Gasteiger charge is 2.33. The first-order valence-corrected chi connectivity index (χ1v) is 8.10. The van der Waals surface area contributed by atoms with Crippen molar-refractivity contribution in [3.8, 4) is 11.5 Å². The summed E-state index contributed by atoms with van der Waals surface area (Å²) in [5.74, 6) is 1.88. The first-order chi connectivity index (χ1) is 11.9. The molecule has 132 valence electrons. The molecule has 0 aliphatic carbocycles. The molecular formula is C19H22N2O4. The van der Waals surface area contributed by atoms with Crippen LogP contribution in [0.3, 0.4) is 0 Å². The number of aromatic nitrogens is 1. The Bertz CT molecular complexity index is 802. The summed E-state index contributed by atoms with van der Waals surface area (Å²) >= 11 is 0. The van der Waals surface area contributed by atoms with Crippen LogP contribution in [0.25, 0.3) is 0 Å². The number of ether oxygens (including phenoxy) is 3. The predicted molar refractivity (Wildman–Crippen MR) is 94.3 cm³/mol. The molecule has 0 unspecified atom stereocenters. The lowest BCUT2D eigenvalue weighted by Gasteiger charge is -2.30. The lowest BCUT2D eigenvalue weighted by atomic mass is 9.95. The minimum Gasteiger partial charge on any atom is -0.497 e. The van der Waals surface area contributed by atoms with Gasteiger partial charge in [-0.2, -0.15) is 0 Å². The first kappa shape index (κ1) is 17.1. The van der Waals surface area contributed by atoms with Gasteiger partial charge in [-0.25, -0.2) is 9.78 Å². The molecule has 2 aromatic rings. The Balaban J connectivity index is 1.78. The Morgan fingerprint density at radius 3 is 2.72 bits per heavy atom. The number of methoxy groups -OCH3 is 2. The van der Waals surface area contributed by atoms with Crippen LogP contribution < -0.4 is 14.8 Å². The second kappa shape index (κ2) is 6.63. The second-order valence-electron chi connectivity index (χ2n) is 6.55. The molecule has 6 nitrogen and oxygen atoms in total. The number of carbonyl (C=O) groups is 1. The van der Waals surface area contributed by atoms with E-state index < -0.39 is 5.60 Å². The molecule has 0 bridgehead atoms.